The minimum Gasteiger partial charge on any atom is -0.463 e. The third kappa shape index (κ3) is 9.34. The van der Waals surface area contributed by atoms with Crippen LogP contribution in [-0.4, -0.2) is 18.6 Å². The standard InChI is InChI=1S/C10H21NO2/c1-9(2)13-10(12)7-5-3-4-6-8-11/h9H,3-8,11H2,1-2H3. The molecular weight excluding hydrogens is 166 g/mol. The molecule has 0 aromatic heterocycles. The summed E-state index contributed by atoms with van der Waals surface area (Å²) in [5.74, 6) is -0.0808. The van der Waals surface area contributed by atoms with Crippen LogP contribution >= 0.6 is 0 Å². The summed E-state index contributed by atoms with van der Waals surface area (Å²) in [5.41, 5.74) is 5.34. The summed E-state index contributed by atoms with van der Waals surface area (Å²) < 4.78 is 4.99. The number of ether oxygens (including phenoxy) is 1. The van der Waals surface area contributed by atoms with E-state index < -0.39 is 0 Å². The van der Waals surface area contributed by atoms with Crippen LogP contribution in [0.3, 0.4) is 0 Å². The van der Waals surface area contributed by atoms with Crippen molar-refractivity contribution in [3.8, 4) is 0 Å². The van der Waals surface area contributed by atoms with Crippen molar-refractivity contribution in [3.63, 3.8) is 0 Å². The zero-order valence-corrected chi connectivity index (χ0v) is 8.71. The molecule has 0 unspecified atom stereocenters. The summed E-state index contributed by atoms with van der Waals surface area (Å²) in [5, 5.41) is 0. The van der Waals surface area contributed by atoms with Gasteiger partial charge in [0.2, 0.25) is 0 Å². The Bertz CT molecular complexity index is 135. The van der Waals surface area contributed by atoms with E-state index in [0.717, 1.165) is 32.2 Å². The summed E-state index contributed by atoms with van der Waals surface area (Å²) in [4.78, 5) is 11.0. The Balaban J connectivity index is 3.17. The van der Waals surface area contributed by atoms with Gasteiger partial charge in [-0.15, -0.1) is 0 Å². The van der Waals surface area contributed by atoms with Crippen molar-refractivity contribution >= 4 is 5.97 Å². The SMILES string of the molecule is CC(C)OC(=O)CCCCCCN. The first kappa shape index (κ1) is 12.4. The first-order chi connectivity index (χ1) is 6.16. The number of hydrogen-bond acceptors (Lipinski definition) is 3. The van der Waals surface area contributed by atoms with E-state index in [4.69, 9.17) is 10.5 Å². The van der Waals surface area contributed by atoms with Gasteiger partial charge in [-0.1, -0.05) is 12.8 Å². The van der Waals surface area contributed by atoms with Gasteiger partial charge in [0, 0.05) is 6.42 Å². The maximum atomic E-state index is 11.0. The number of unbranched alkanes of at least 4 members (excludes halogenated alkanes) is 3. The van der Waals surface area contributed by atoms with Gasteiger partial charge in [-0.05, 0) is 33.2 Å². The van der Waals surface area contributed by atoms with Gasteiger partial charge >= 0.3 is 5.97 Å². The highest BCUT2D eigenvalue weighted by Gasteiger charge is 2.03. The van der Waals surface area contributed by atoms with E-state index in [1.807, 2.05) is 13.8 Å². The Morgan fingerprint density at radius 3 is 2.38 bits per heavy atom. The molecule has 0 spiro atoms. The number of rotatable bonds is 7. The van der Waals surface area contributed by atoms with E-state index in [2.05, 4.69) is 0 Å². The van der Waals surface area contributed by atoms with Crippen LogP contribution in [0.5, 0.6) is 0 Å². The molecule has 13 heavy (non-hydrogen) atoms. The Hall–Kier alpha value is -0.570. The van der Waals surface area contributed by atoms with Crippen LogP contribution in [0.15, 0.2) is 0 Å². The van der Waals surface area contributed by atoms with Gasteiger partial charge in [0.25, 0.3) is 0 Å². The Morgan fingerprint density at radius 2 is 1.85 bits per heavy atom. The summed E-state index contributed by atoms with van der Waals surface area (Å²) in [6, 6.07) is 0. The zero-order valence-electron chi connectivity index (χ0n) is 8.71. The predicted octanol–water partition coefficient (Wildman–Crippen LogP) is 1.85. The Labute approximate surface area is 80.6 Å². The summed E-state index contributed by atoms with van der Waals surface area (Å²) >= 11 is 0. The zero-order chi connectivity index (χ0) is 10.1. The van der Waals surface area contributed by atoms with Crippen molar-refractivity contribution in [1.82, 2.24) is 0 Å². The maximum Gasteiger partial charge on any atom is 0.306 e. The smallest absolute Gasteiger partial charge is 0.306 e. The first-order valence-corrected chi connectivity index (χ1v) is 5.06. The highest BCUT2D eigenvalue weighted by atomic mass is 16.5. The molecule has 78 valence electrons. The van der Waals surface area contributed by atoms with Crippen molar-refractivity contribution in [3.05, 3.63) is 0 Å². The summed E-state index contributed by atoms with van der Waals surface area (Å²) in [6.45, 7) is 4.48. The first-order valence-electron chi connectivity index (χ1n) is 5.06. The molecule has 0 aromatic carbocycles. The van der Waals surface area contributed by atoms with Crippen molar-refractivity contribution in [2.75, 3.05) is 6.54 Å². The molecule has 0 rings (SSSR count). The topological polar surface area (TPSA) is 52.3 Å². The Morgan fingerprint density at radius 1 is 1.23 bits per heavy atom. The maximum absolute atomic E-state index is 11.0. The minimum atomic E-state index is -0.0808. The Kier molecular flexibility index (Phi) is 7.69. The predicted molar refractivity (Wildman–Crippen MR) is 53.4 cm³/mol. The normalized spacial score (nSPS) is 10.5. The largest absolute Gasteiger partial charge is 0.463 e. The van der Waals surface area contributed by atoms with Gasteiger partial charge in [-0.2, -0.15) is 0 Å². The van der Waals surface area contributed by atoms with Gasteiger partial charge in [0.1, 0.15) is 0 Å². The van der Waals surface area contributed by atoms with Crippen molar-refractivity contribution < 1.29 is 9.53 Å². The fraction of sp³-hybridized carbons (Fsp3) is 0.900. The molecule has 3 nitrogen and oxygen atoms in total. The van der Waals surface area contributed by atoms with Crippen molar-refractivity contribution in [1.29, 1.82) is 0 Å². The van der Waals surface area contributed by atoms with E-state index >= 15 is 0 Å². The van der Waals surface area contributed by atoms with Crippen LogP contribution in [0, 0.1) is 0 Å². The molecule has 0 bridgehead atoms. The van der Waals surface area contributed by atoms with E-state index in [9.17, 15) is 4.79 Å². The highest BCUT2D eigenvalue weighted by Crippen LogP contribution is 2.04. The summed E-state index contributed by atoms with van der Waals surface area (Å²) in [6.07, 6.45) is 4.72. The molecule has 0 aromatic rings. The molecule has 0 amide bonds. The fourth-order valence-corrected chi connectivity index (χ4v) is 1.09. The van der Waals surface area contributed by atoms with Gasteiger partial charge in [-0.3, -0.25) is 4.79 Å². The molecule has 0 heterocycles. The monoisotopic (exact) mass is 187 g/mol. The van der Waals surface area contributed by atoms with E-state index in [1.54, 1.807) is 0 Å². The molecule has 0 fully saturated rings. The molecule has 0 saturated carbocycles. The molecule has 0 aliphatic heterocycles. The van der Waals surface area contributed by atoms with Crippen LogP contribution in [0.4, 0.5) is 0 Å². The molecule has 0 radical (unpaired) electrons. The molecule has 3 heteroatoms. The van der Waals surface area contributed by atoms with Crippen molar-refractivity contribution in [2.45, 2.75) is 52.1 Å². The second-order valence-corrected chi connectivity index (χ2v) is 3.49. The second-order valence-electron chi connectivity index (χ2n) is 3.49. The minimum absolute atomic E-state index is 0.0107. The third-order valence-electron chi connectivity index (χ3n) is 1.70. The lowest BCUT2D eigenvalue weighted by molar-refractivity contribution is -0.147. The van der Waals surface area contributed by atoms with Gasteiger partial charge in [-0.25, -0.2) is 0 Å². The van der Waals surface area contributed by atoms with Gasteiger partial charge in [0.05, 0.1) is 6.10 Å². The average molecular weight is 187 g/mol. The summed E-state index contributed by atoms with van der Waals surface area (Å²) in [7, 11) is 0. The number of carbonyl (C=O) groups is 1. The highest BCUT2D eigenvalue weighted by molar-refractivity contribution is 5.69. The van der Waals surface area contributed by atoms with Crippen LogP contribution < -0.4 is 5.73 Å². The quantitative estimate of drug-likeness (QED) is 0.489. The van der Waals surface area contributed by atoms with Crippen LogP contribution in [0.25, 0.3) is 0 Å². The fourth-order valence-electron chi connectivity index (χ4n) is 1.09. The van der Waals surface area contributed by atoms with Crippen LogP contribution in [0.2, 0.25) is 0 Å². The number of hydrogen-bond donors (Lipinski definition) is 1. The van der Waals surface area contributed by atoms with E-state index in [-0.39, 0.29) is 12.1 Å². The molecule has 2 N–H and O–H groups in total. The molecular formula is C10H21NO2. The number of nitrogens with two attached hydrogens (primary N) is 1. The molecule has 0 aliphatic carbocycles. The lowest BCUT2D eigenvalue weighted by Gasteiger charge is -2.07. The second kappa shape index (κ2) is 8.05. The molecule has 0 aliphatic rings. The van der Waals surface area contributed by atoms with Crippen LogP contribution in [0.1, 0.15) is 46.0 Å². The van der Waals surface area contributed by atoms with Crippen molar-refractivity contribution in [2.24, 2.45) is 5.73 Å². The lowest BCUT2D eigenvalue weighted by Crippen LogP contribution is -2.10. The van der Waals surface area contributed by atoms with Gasteiger partial charge in [0.15, 0.2) is 0 Å². The number of esters is 1. The number of carbonyl (C=O) groups excluding carboxylic acids is 1. The molecule has 0 saturated heterocycles. The lowest BCUT2D eigenvalue weighted by atomic mass is 10.1. The van der Waals surface area contributed by atoms with Gasteiger partial charge < -0.3 is 10.5 Å². The van der Waals surface area contributed by atoms with E-state index in [1.165, 1.54) is 0 Å². The third-order valence-corrected chi connectivity index (χ3v) is 1.70. The average Bonchev–Trinajstić information content (AvgIpc) is 2.02. The van der Waals surface area contributed by atoms with Crippen LogP contribution in [-0.2, 0) is 9.53 Å². The molecule has 0 atom stereocenters. The van der Waals surface area contributed by atoms with E-state index in [0.29, 0.717) is 6.42 Å².